The summed E-state index contributed by atoms with van der Waals surface area (Å²) in [7, 11) is -4.05. The summed E-state index contributed by atoms with van der Waals surface area (Å²) in [5.74, 6) is 4.45. The largest absolute Gasteiger partial charge is 0.493 e. The summed E-state index contributed by atoms with van der Waals surface area (Å²) in [5, 5.41) is 3.32. The molecule has 2 aromatic heterocycles. The first kappa shape index (κ1) is 28.3. The van der Waals surface area contributed by atoms with Gasteiger partial charge in [0.15, 0.2) is 27.8 Å². The number of nitrogens with zero attached hydrogens (tertiary/aromatic N) is 4. The van der Waals surface area contributed by atoms with Crippen LogP contribution in [0.1, 0.15) is 37.7 Å². The van der Waals surface area contributed by atoms with Gasteiger partial charge in [-0.05, 0) is 31.9 Å². The third-order valence-electron chi connectivity index (χ3n) is 5.68. The summed E-state index contributed by atoms with van der Waals surface area (Å²) >= 11 is 6.03. The van der Waals surface area contributed by atoms with Gasteiger partial charge in [-0.15, -0.1) is 12.3 Å². The molecule has 11 nitrogen and oxygen atoms in total. The predicted molar refractivity (Wildman–Crippen MR) is 145 cm³/mol. The number of imidazole rings is 1. The molecule has 0 bridgehead atoms. The van der Waals surface area contributed by atoms with Crippen molar-refractivity contribution < 1.29 is 23.7 Å². The number of unbranched alkanes of at least 4 members (excludes halogenated alkanes) is 1. The number of benzene rings is 1. The van der Waals surface area contributed by atoms with E-state index in [0.29, 0.717) is 43.2 Å². The van der Waals surface area contributed by atoms with Crippen molar-refractivity contribution in [3.8, 4) is 18.1 Å². The fraction of sp³-hybridized carbons (Fsp3) is 0.375. The molecule has 13 heteroatoms. The summed E-state index contributed by atoms with van der Waals surface area (Å²) < 4.78 is 21.2. The van der Waals surface area contributed by atoms with Gasteiger partial charge in [-0.3, -0.25) is 4.57 Å². The zero-order valence-electron chi connectivity index (χ0n) is 20.7. The van der Waals surface area contributed by atoms with Gasteiger partial charge in [-0.2, -0.15) is 0 Å². The van der Waals surface area contributed by atoms with Crippen molar-refractivity contribution >= 4 is 47.6 Å². The minimum Gasteiger partial charge on any atom is -0.493 e. The molecular weight excluding hydrogens is 517 g/mol. The molecule has 1 aromatic carbocycles. The SMILES string of the molecule is C#CCCC[n+]1c(CNC(=C)c2nc(Cl)c(N)nc2N)n(CC)c2cc(OCCCP(=O)(O)O)ccc21. The number of nitrogen functional groups attached to an aromatic ring is 2. The molecule has 0 fully saturated rings. The lowest BCUT2D eigenvalue weighted by Gasteiger charge is -2.11. The van der Waals surface area contributed by atoms with Crippen molar-refractivity contribution in [2.24, 2.45) is 0 Å². The molecule has 0 saturated heterocycles. The Morgan fingerprint density at radius 2 is 2.08 bits per heavy atom. The molecule has 0 atom stereocenters. The number of nitrogens with one attached hydrogen (secondary N) is 1. The van der Waals surface area contributed by atoms with Gasteiger partial charge in [-0.1, -0.05) is 18.2 Å². The number of hydrogen-bond acceptors (Lipinski definition) is 7. The number of fused-ring (bicyclic) bond motifs is 1. The maximum Gasteiger partial charge on any atom is 0.325 e. The first-order valence-electron chi connectivity index (χ1n) is 11.7. The van der Waals surface area contributed by atoms with Crippen LogP contribution in [0, 0.1) is 12.3 Å². The lowest BCUT2D eigenvalue weighted by atomic mass is 10.2. The van der Waals surface area contributed by atoms with E-state index in [2.05, 4.69) is 36.9 Å². The monoisotopic (exact) mass is 548 g/mol. The maximum atomic E-state index is 11.1. The van der Waals surface area contributed by atoms with Gasteiger partial charge in [0.05, 0.1) is 31.6 Å². The molecule has 3 aromatic rings. The summed E-state index contributed by atoms with van der Waals surface area (Å²) in [5.41, 5.74) is 14.4. The highest BCUT2D eigenvalue weighted by Gasteiger charge is 2.25. The van der Waals surface area contributed by atoms with E-state index in [-0.39, 0.29) is 36.0 Å². The minimum absolute atomic E-state index is 0.0486. The molecule has 0 amide bonds. The van der Waals surface area contributed by atoms with Crippen LogP contribution >= 0.6 is 19.2 Å². The highest BCUT2D eigenvalue weighted by molar-refractivity contribution is 7.51. The van der Waals surface area contributed by atoms with E-state index in [4.69, 9.17) is 44.0 Å². The maximum absolute atomic E-state index is 11.1. The summed E-state index contributed by atoms with van der Waals surface area (Å²) in [4.78, 5) is 26.3. The lowest BCUT2D eigenvalue weighted by molar-refractivity contribution is -0.680. The molecule has 0 aliphatic heterocycles. The van der Waals surface area contributed by atoms with E-state index < -0.39 is 7.60 Å². The van der Waals surface area contributed by atoms with Crippen molar-refractivity contribution in [1.29, 1.82) is 0 Å². The molecule has 0 unspecified atom stereocenters. The first-order valence-corrected chi connectivity index (χ1v) is 13.9. The van der Waals surface area contributed by atoms with Crippen molar-refractivity contribution in [2.45, 2.75) is 45.8 Å². The third kappa shape index (κ3) is 7.14. The molecule has 3 rings (SSSR count). The van der Waals surface area contributed by atoms with E-state index in [9.17, 15) is 4.57 Å². The van der Waals surface area contributed by atoms with Gasteiger partial charge < -0.3 is 31.3 Å². The molecule has 7 N–H and O–H groups in total. The predicted octanol–water partition coefficient (Wildman–Crippen LogP) is 2.68. The van der Waals surface area contributed by atoms with Gasteiger partial charge in [0, 0.05) is 12.5 Å². The molecular formula is C24H32ClN7O4P+. The van der Waals surface area contributed by atoms with Crippen molar-refractivity contribution in [3.05, 3.63) is 41.4 Å². The van der Waals surface area contributed by atoms with Crippen LogP contribution in [0.25, 0.3) is 16.7 Å². The Morgan fingerprint density at radius 3 is 2.76 bits per heavy atom. The number of terminal acetylenes is 1. The smallest absolute Gasteiger partial charge is 0.325 e. The number of nitrogens with two attached hydrogens (primary N) is 2. The van der Waals surface area contributed by atoms with Crippen LogP contribution in [0.3, 0.4) is 0 Å². The highest BCUT2D eigenvalue weighted by atomic mass is 35.5. The van der Waals surface area contributed by atoms with Crippen LogP contribution in [0.15, 0.2) is 24.8 Å². The molecule has 0 aliphatic rings. The van der Waals surface area contributed by atoms with Gasteiger partial charge in [-0.25, -0.2) is 19.1 Å². The number of aryl methyl sites for hydroxylation is 2. The molecule has 0 radical (unpaired) electrons. The van der Waals surface area contributed by atoms with Gasteiger partial charge in [0.1, 0.15) is 18.0 Å². The number of halogens is 1. The molecule has 0 saturated carbocycles. The fourth-order valence-electron chi connectivity index (χ4n) is 3.99. The van der Waals surface area contributed by atoms with Crippen LogP contribution in [0.4, 0.5) is 11.6 Å². The second kappa shape index (κ2) is 12.3. The van der Waals surface area contributed by atoms with Crippen LogP contribution < -0.4 is 26.1 Å². The third-order valence-corrected chi connectivity index (χ3v) is 6.86. The normalized spacial score (nSPS) is 11.4. The van der Waals surface area contributed by atoms with E-state index >= 15 is 0 Å². The van der Waals surface area contributed by atoms with Crippen LogP contribution in [0.5, 0.6) is 5.75 Å². The second-order valence-corrected chi connectivity index (χ2v) is 10.5. The molecule has 0 aliphatic carbocycles. The average molecular weight is 549 g/mol. The number of ether oxygens (including phenoxy) is 1. The van der Waals surface area contributed by atoms with Gasteiger partial charge in [0.2, 0.25) is 0 Å². The second-order valence-electron chi connectivity index (χ2n) is 8.33. The topological polar surface area (TPSA) is 165 Å². The number of rotatable bonds is 13. The van der Waals surface area contributed by atoms with Crippen molar-refractivity contribution in [3.63, 3.8) is 0 Å². The zero-order chi connectivity index (χ0) is 27.2. The van der Waals surface area contributed by atoms with Crippen LogP contribution in [-0.2, 0) is 24.2 Å². The molecule has 2 heterocycles. The lowest BCUT2D eigenvalue weighted by Crippen LogP contribution is -2.40. The van der Waals surface area contributed by atoms with Crippen LogP contribution in [0.2, 0.25) is 5.15 Å². The minimum atomic E-state index is -4.05. The molecule has 198 valence electrons. The fourth-order valence-corrected chi connectivity index (χ4v) is 4.66. The van der Waals surface area contributed by atoms with E-state index in [1.54, 1.807) is 0 Å². The number of aromatic nitrogens is 4. The Labute approximate surface area is 220 Å². The van der Waals surface area contributed by atoms with E-state index in [0.717, 1.165) is 23.3 Å². The molecule has 37 heavy (non-hydrogen) atoms. The van der Waals surface area contributed by atoms with Crippen molar-refractivity contribution in [1.82, 2.24) is 19.9 Å². The zero-order valence-corrected chi connectivity index (χ0v) is 22.3. The Hall–Kier alpha value is -3.29. The van der Waals surface area contributed by atoms with Crippen molar-refractivity contribution in [2.75, 3.05) is 24.2 Å². The summed E-state index contributed by atoms with van der Waals surface area (Å²) in [6, 6.07) is 5.74. The Morgan fingerprint density at radius 1 is 1.32 bits per heavy atom. The average Bonchev–Trinajstić information content (AvgIpc) is 3.14. The van der Waals surface area contributed by atoms with E-state index in [1.165, 1.54) is 0 Å². The quantitative estimate of drug-likeness (QED) is 0.0934. The number of hydrogen-bond donors (Lipinski definition) is 5. The Kier molecular flexibility index (Phi) is 9.40. The number of anilines is 2. The van der Waals surface area contributed by atoms with Crippen LogP contribution in [-0.4, -0.2) is 37.1 Å². The summed E-state index contributed by atoms with van der Waals surface area (Å²) in [6.45, 7) is 8.07. The van der Waals surface area contributed by atoms with Gasteiger partial charge >= 0.3 is 7.60 Å². The summed E-state index contributed by atoms with van der Waals surface area (Å²) in [6.07, 6.45) is 6.95. The highest BCUT2D eigenvalue weighted by Crippen LogP contribution is 2.34. The Bertz CT molecular complexity index is 1380. The van der Waals surface area contributed by atoms with E-state index in [1.807, 2.05) is 25.1 Å². The first-order chi connectivity index (χ1) is 17.6. The Balaban J connectivity index is 1.90. The molecule has 0 spiro atoms. The standard InChI is InChI=1S/C24H31ClN7O4P/c1-4-6-7-11-32-18-10-9-17(36-12-8-13-37(33,34)35)14-19(18)31(5-2)20(32)15-28-16(3)21-23(26)30-24(27)22(25)29-21/h1,9-10,14,28H,3,5-8,11-13,15H2,2H3,(H5-,26,27,30,33,34,35)/p+1. The van der Waals surface area contributed by atoms with Gasteiger partial charge in [0.25, 0.3) is 5.82 Å².